The van der Waals surface area contributed by atoms with E-state index < -0.39 is 5.97 Å². The molecule has 5 heteroatoms. The van der Waals surface area contributed by atoms with Crippen LogP contribution in [0.2, 0.25) is 0 Å². The van der Waals surface area contributed by atoms with Gasteiger partial charge in [0.25, 0.3) is 0 Å². The maximum atomic E-state index is 10.4. The van der Waals surface area contributed by atoms with E-state index in [0.29, 0.717) is 5.89 Å². The largest absolute Gasteiger partial charge is 0.478 e. The molecule has 0 saturated carbocycles. The summed E-state index contributed by atoms with van der Waals surface area (Å²) in [5.74, 6) is -0.388. The molecule has 0 radical (unpaired) electrons. The van der Waals surface area contributed by atoms with Gasteiger partial charge >= 0.3 is 5.97 Å². The second kappa shape index (κ2) is 4.32. The van der Waals surface area contributed by atoms with E-state index in [4.69, 9.17) is 9.52 Å². The molecule has 0 amide bonds. The number of carboxylic acids is 1. The highest BCUT2D eigenvalue weighted by atomic mass is 32.1. The summed E-state index contributed by atoms with van der Waals surface area (Å²) in [4.78, 5) is 16.2. The molecule has 0 saturated heterocycles. The van der Waals surface area contributed by atoms with Crippen molar-refractivity contribution in [2.45, 2.75) is 6.92 Å². The lowest BCUT2D eigenvalue weighted by Crippen LogP contribution is -1.84. The van der Waals surface area contributed by atoms with Crippen LogP contribution in [0.15, 0.2) is 29.0 Å². The van der Waals surface area contributed by atoms with E-state index in [1.807, 2.05) is 13.0 Å². The van der Waals surface area contributed by atoms with Crippen molar-refractivity contribution >= 4 is 23.4 Å². The van der Waals surface area contributed by atoms with E-state index in [1.54, 1.807) is 12.3 Å². The quantitative estimate of drug-likeness (QED) is 0.831. The Hall–Kier alpha value is -1.88. The molecule has 2 aromatic rings. The average molecular weight is 235 g/mol. The van der Waals surface area contributed by atoms with Gasteiger partial charge in [-0.15, -0.1) is 11.3 Å². The highest BCUT2D eigenvalue weighted by molar-refractivity contribution is 7.16. The minimum absolute atomic E-state index is 0.567. The molecule has 0 spiro atoms. The maximum Gasteiger partial charge on any atom is 0.328 e. The second-order valence-corrected chi connectivity index (χ2v) is 4.25. The molecule has 0 bridgehead atoms. The number of carbonyl (C=O) groups is 1. The van der Waals surface area contributed by atoms with Crippen LogP contribution in [-0.4, -0.2) is 16.1 Å². The predicted octanol–water partition coefficient (Wildman–Crippen LogP) is 2.81. The number of nitrogens with zero attached hydrogens (tertiary/aromatic N) is 1. The van der Waals surface area contributed by atoms with E-state index in [2.05, 4.69) is 4.98 Å². The molecule has 82 valence electrons. The maximum absolute atomic E-state index is 10.4. The monoisotopic (exact) mass is 235 g/mol. The third kappa shape index (κ3) is 2.20. The van der Waals surface area contributed by atoms with E-state index >= 15 is 0 Å². The number of aromatic nitrogens is 1. The standard InChI is InChI=1S/C11H9NO3S/c1-7-6-8(2-3-9(13)14)16-10(7)11-12-4-5-15-11/h2-6H,1H3,(H,13,14)/b3-2+. The van der Waals surface area contributed by atoms with Gasteiger partial charge in [-0.25, -0.2) is 9.78 Å². The summed E-state index contributed by atoms with van der Waals surface area (Å²) < 4.78 is 5.20. The molecule has 0 fully saturated rings. The number of aliphatic carboxylic acids is 1. The van der Waals surface area contributed by atoms with Crippen LogP contribution in [0, 0.1) is 6.92 Å². The van der Waals surface area contributed by atoms with Crippen LogP contribution in [0.4, 0.5) is 0 Å². The molecule has 0 aliphatic carbocycles. The minimum atomic E-state index is -0.955. The molecule has 2 aromatic heterocycles. The molecular formula is C11H9NO3S. The molecule has 0 atom stereocenters. The van der Waals surface area contributed by atoms with Crippen molar-refractivity contribution in [1.29, 1.82) is 0 Å². The van der Waals surface area contributed by atoms with Crippen LogP contribution in [0.5, 0.6) is 0 Å². The van der Waals surface area contributed by atoms with E-state index in [0.717, 1.165) is 21.4 Å². The molecule has 2 heterocycles. The van der Waals surface area contributed by atoms with Crippen LogP contribution >= 0.6 is 11.3 Å². The van der Waals surface area contributed by atoms with Crippen molar-refractivity contribution in [1.82, 2.24) is 4.98 Å². The number of rotatable bonds is 3. The Labute approximate surface area is 95.9 Å². The first-order chi connectivity index (χ1) is 7.66. The second-order valence-electron chi connectivity index (χ2n) is 3.17. The molecule has 4 nitrogen and oxygen atoms in total. The third-order valence-corrected chi connectivity index (χ3v) is 3.14. The fourth-order valence-electron chi connectivity index (χ4n) is 1.29. The van der Waals surface area contributed by atoms with Gasteiger partial charge in [0.2, 0.25) is 5.89 Å². The van der Waals surface area contributed by atoms with Crippen molar-refractivity contribution in [2.75, 3.05) is 0 Å². The van der Waals surface area contributed by atoms with Crippen LogP contribution in [-0.2, 0) is 4.79 Å². The molecular weight excluding hydrogens is 226 g/mol. The zero-order valence-corrected chi connectivity index (χ0v) is 9.32. The first-order valence-corrected chi connectivity index (χ1v) is 5.40. The van der Waals surface area contributed by atoms with Crippen molar-refractivity contribution in [3.63, 3.8) is 0 Å². The topological polar surface area (TPSA) is 63.3 Å². The smallest absolute Gasteiger partial charge is 0.328 e. The average Bonchev–Trinajstić information content (AvgIpc) is 2.83. The number of oxazole rings is 1. The Bertz CT molecular complexity index is 525. The molecule has 0 aromatic carbocycles. The first-order valence-electron chi connectivity index (χ1n) is 4.58. The summed E-state index contributed by atoms with van der Waals surface area (Å²) in [6.07, 6.45) is 5.78. The highest BCUT2D eigenvalue weighted by Gasteiger charge is 2.10. The van der Waals surface area contributed by atoms with Gasteiger partial charge in [0, 0.05) is 11.0 Å². The Kier molecular flexibility index (Phi) is 2.87. The first kappa shape index (κ1) is 10.6. The zero-order valence-electron chi connectivity index (χ0n) is 8.51. The molecule has 16 heavy (non-hydrogen) atoms. The molecule has 1 N–H and O–H groups in total. The minimum Gasteiger partial charge on any atom is -0.478 e. The zero-order chi connectivity index (χ0) is 11.5. The van der Waals surface area contributed by atoms with Gasteiger partial charge in [0.1, 0.15) is 6.26 Å². The van der Waals surface area contributed by atoms with Crippen molar-refractivity contribution in [2.24, 2.45) is 0 Å². The summed E-state index contributed by atoms with van der Waals surface area (Å²) in [5.41, 5.74) is 1.03. The predicted molar refractivity (Wildman–Crippen MR) is 61.2 cm³/mol. The van der Waals surface area contributed by atoms with Crippen molar-refractivity contribution < 1.29 is 14.3 Å². The molecule has 2 rings (SSSR count). The summed E-state index contributed by atoms with van der Waals surface area (Å²) in [6, 6.07) is 1.91. The van der Waals surface area contributed by atoms with Crippen molar-refractivity contribution in [3.8, 4) is 10.8 Å². The van der Waals surface area contributed by atoms with Crippen LogP contribution in [0.25, 0.3) is 16.8 Å². The normalized spacial score (nSPS) is 11.1. The fraction of sp³-hybridized carbons (Fsp3) is 0.0909. The van der Waals surface area contributed by atoms with Crippen LogP contribution in [0.3, 0.4) is 0 Å². The molecule has 0 aliphatic heterocycles. The Balaban J connectivity index is 2.33. The number of hydrogen-bond acceptors (Lipinski definition) is 4. The molecule has 0 aliphatic rings. The summed E-state index contributed by atoms with van der Waals surface area (Å²) in [7, 11) is 0. The fourth-order valence-corrected chi connectivity index (χ4v) is 2.31. The summed E-state index contributed by atoms with van der Waals surface area (Å²) in [6.45, 7) is 1.94. The number of carboxylic acid groups (broad SMARTS) is 1. The number of thiophene rings is 1. The Morgan fingerprint density at radius 2 is 2.44 bits per heavy atom. The van der Waals surface area contributed by atoms with Gasteiger partial charge < -0.3 is 9.52 Å². The van der Waals surface area contributed by atoms with Gasteiger partial charge in [-0.05, 0) is 24.6 Å². The van der Waals surface area contributed by atoms with Gasteiger partial charge in [0.15, 0.2) is 0 Å². The lowest BCUT2D eigenvalue weighted by molar-refractivity contribution is -0.131. The number of aryl methyl sites for hydroxylation is 1. The van der Waals surface area contributed by atoms with Crippen LogP contribution in [0.1, 0.15) is 10.4 Å². The van der Waals surface area contributed by atoms with E-state index in [1.165, 1.54) is 17.6 Å². The van der Waals surface area contributed by atoms with E-state index in [-0.39, 0.29) is 0 Å². The van der Waals surface area contributed by atoms with Gasteiger partial charge in [-0.3, -0.25) is 0 Å². The van der Waals surface area contributed by atoms with Crippen molar-refractivity contribution in [3.05, 3.63) is 35.0 Å². The summed E-state index contributed by atoms with van der Waals surface area (Å²) >= 11 is 1.45. The van der Waals surface area contributed by atoms with E-state index in [9.17, 15) is 4.79 Å². The Morgan fingerprint density at radius 3 is 3.06 bits per heavy atom. The van der Waals surface area contributed by atoms with Gasteiger partial charge in [-0.1, -0.05) is 0 Å². The lowest BCUT2D eigenvalue weighted by atomic mass is 10.2. The van der Waals surface area contributed by atoms with Crippen LogP contribution < -0.4 is 0 Å². The lowest BCUT2D eigenvalue weighted by Gasteiger charge is -1.89. The molecule has 0 unspecified atom stereocenters. The number of hydrogen-bond donors (Lipinski definition) is 1. The summed E-state index contributed by atoms with van der Waals surface area (Å²) in [5, 5.41) is 8.52. The Morgan fingerprint density at radius 1 is 1.62 bits per heavy atom. The highest BCUT2D eigenvalue weighted by Crippen LogP contribution is 2.31. The van der Waals surface area contributed by atoms with Gasteiger partial charge in [-0.2, -0.15) is 0 Å². The van der Waals surface area contributed by atoms with Gasteiger partial charge in [0.05, 0.1) is 11.1 Å². The SMILES string of the molecule is Cc1cc(/C=C/C(=O)O)sc1-c1ncco1. The third-order valence-electron chi connectivity index (χ3n) is 1.95.